The van der Waals surface area contributed by atoms with Crippen LogP contribution in [0.3, 0.4) is 0 Å². The Bertz CT molecular complexity index is 581. The van der Waals surface area contributed by atoms with Gasteiger partial charge in [-0.3, -0.25) is 0 Å². The van der Waals surface area contributed by atoms with Crippen LogP contribution in [-0.4, -0.2) is 11.5 Å². The molecule has 2 aromatic rings. The molecule has 0 unspecified atom stereocenters. The second-order valence-corrected chi connectivity index (χ2v) is 4.75. The van der Waals surface area contributed by atoms with Crippen molar-refractivity contribution < 1.29 is 17.9 Å². The van der Waals surface area contributed by atoms with Crippen LogP contribution in [0.1, 0.15) is 11.1 Å². The van der Waals surface area contributed by atoms with Gasteiger partial charge in [0.15, 0.2) is 16.6 Å². The molecule has 0 saturated heterocycles. The van der Waals surface area contributed by atoms with Gasteiger partial charge in [0.05, 0.1) is 12.7 Å². The molecule has 0 fully saturated rings. The van der Waals surface area contributed by atoms with Crippen molar-refractivity contribution >= 4 is 22.4 Å². The van der Waals surface area contributed by atoms with Gasteiger partial charge in [0, 0.05) is 6.54 Å². The summed E-state index contributed by atoms with van der Waals surface area (Å²) in [6, 6.07) is 4.95. The summed E-state index contributed by atoms with van der Waals surface area (Å²) in [7, 11) is 1.48. The summed E-state index contributed by atoms with van der Waals surface area (Å²) in [6.45, 7) is 0.357. The Morgan fingerprint density at radius 3 is 2.50 bits per heavy atom. The topological polar surface area (TPSA) is 60.2 Å². The number of rotatable bonds is 4. The molecule has 8 heteroatoms. The number of halogens is 3. The van der Waals surface area contributed by atoms with Gasteiger partial charge in [-0.1, -0.05) is 12.1 Å². The summed E-state index contributed by atoms with van der Waals surface area (Å²) in [6.07, 6.45) is -4.32. The van der Waals surface area contributed by atoms with Crippen molar-refractivity contribution in [1.82, 2.24) is 4.37 Å². The third kappa shape index (κ3) is 3.13. The summed E-state index contributed by atoms with van der Waals surface area (Å²) >= 11 is 1.14. The first-order valence-corrected chi connectivity index (χ1v) is 6.38. The van der Waals surface area contributed by atoms with Gasteiger partial charge in [0.25, 0.3) is 0 Å². The van der Waals surface area contributed by atoms with Crippen molar-refractivity contribution in [3.8, 4) is 5.75 Å². The molecular formula is C12H12F3N3OS. The summed E-state index contributed by atoms with van der Waals surface area (Å²) in [5, 5.41) is 3.67. The number of benzene rings is 1. The molecule has 2 rings (SSSR count). The second-order valence-electron chi connectivity index (χ2n) is 3.98. The Hall–Kier alpha value is -1.96. The minimum absolute atomic E-state index is 0.285. The normalized spacial score (nSPS) is 11.4. The van der Waals surface area contributed by atoms with Crippen molar-refractivity contribution in [3.05, 3.63) is 35.4 Å². The third-order valence-corrected chi connectivity index (χ3v) is 3.41. The maximum absolute atomic E-state index is 12.4. The molecule has 0 aliphatic heterocycles. The van der Waals surface area contributed by atoms with E-state index in [-0.39, 0.29) is 5.82 Å². The van der Waals surface area contributed by atoms with Crippen molar-refractivity contribution in [2.75, 3.05) is 18.2 Å². The first-order chi connectivity index (χ1) is 9.41. The number of nitrogens with zero attached hydrogens (tertiary/aromatic N) is 1. The Balaban J connectivity index is 2.04. The van der Waals surface area contributed by atoms with Crippen molar-refractivity contribution in [2.45, 2.75) is 12.7 Å². The van der Waals surface area contributed by atoms with E-state index in [2.05, 4.69) is 9.69 Å². The number of ether oxygens (including phenoxy) is 1. The molecule has 1 aromatic heterocycles. The monoisotopic (exact) mass is 303 g/mol. The molecule has 108 valence electrons. The third-order valence-electron chi connectivity index (χ3n) is 2.61. The molecule has 1 heterocycles. The van der Waals surface area contributed by atoms with E-state index >= 15 is 0 Å². The lowest BCUT2D eigenvalue weighted by Gasteiger charge is -2.09. The van der Waals surface area contributed by atoms with Crippen LogP contribution in [0.4, 0.5) is 24.0 Å². The molecule has 1 aromatic carbocycles. The van der Waals surface area contributed by atoms with Crippen LogP contribution in [0.25, 0.3) is 0 Å². The van der Waals surface area contributed by atoms with Crippen LogP contribution in [0.15, 0.2) is 24.3 Å². The largest absolute Gasteiger partial charge is 0.490 e. The van der Waals surface area contributed by atoms with E-state index in [1.54, 1.807) is 0 Å². The highest BCUT2D eigenvalue weighted by atomic mass is 32.1. The first kappa shape index (κ1) is 14.4. The Labute approximate surface area is 117 Å². The number of aromatic nitrogens is 1. The lowest BCUT2D eigenvalue weighted by molar-refractivity contribution is -0.137. The SMILES string of the molecule is COc1c(N)nsc1NCc1ccc(C(F)(F)F)cc1. The number of nitrogens with one attached hydrogen (secondary N) is 1. The van der Waals surface area contributed by atoms with Gasteiger partial charge in [-0.25, -0.2) is 0 Å². The first-order valence-electron chi connectivity index (χ1n) is 5.61. The summed E-state index contributed by atoms with van der Waals surface area (Å²) < 4.78 is 46.3. The molecule has 4 nitrogen and oxygen atoms in total. The van der Waals surface area contributed by atoms with Gasteiger partial charge in [-0.2, -0.15) is 17.5 Å². The Morgan fingerprint density at radius 1 is 1.30 bits per heavy atom. The Kier molecular flexibility index (Phi) is 4.03. The molecule has 0 radical (unpaired) electrons. The molecule has 3 N–H and O–H groups in total. The molecule has 0 spiro atoms. The zero-order valence-electron chi connectivity index (χ0n) is 10.5. The number of hydrogen-bond acceptors (Lipinski definition) is 5. The van der Waals surface area contributed by atoms with Crippen molar-refractivity contribution in [1.29, 1.82) is 0 Å². The fourth-order valence-corrected chi connectivity index (χ4v) is 2.28. The minimum Gasteiger partial charge on any atom is -0.490 e. The van der Waals surface area contributed by atoms with E-state index in [1.807, 2.05) is 0 Å². The van der Waals surface area contributed by atoms with Gasteiger partial charge >= 0.3 is 6.18 Å². The molecular weight excluding hydrogens is 291 g/mol. The maximum Gasteiger partial charge on any atom is 0.416 e. The highest BCUT2D eigenvalue weighted by Crippen LogP contribution is 2.35. The van der Waals surface area contributed by atoms with Crippen LogP contribution < -0.4 is 15.8 Å². The van der Waals surface area contributed by atoms with Crippen LogP contribution in [0.2, 0.25) is 0 Å². The zero-order valence-corrected chi connectivity index (χ0v) is 11.3. The number of anilines is 2. The predicted octanol–water partition coefficient (Wildman–Crippen LogP) is 3.36. The van der Waals surface area contributed by atoms with Crippen LogP contribution in [-0.2, 0) is 12.7 Å². The zero-order chi connectivity index (χ0) is 14.8. The van der Waals surface area contributed by atoms with Crippen molar-refractivity contribution in [2.24, 2.45) is 0 Å². The molecule has 0 atom stereocenters. The smallest absolute Gasteiger partial charge is 0.416 e. The average Bonchev–Trinajstić information content (AvgIpc) is 2.76. The van der Waals surface area contributed by atoms with E-state index < -0.39 is 11.7 Å². The highest BCUT2D eigenvalue weighted by Gasteiger charge is 2.29. The number of alkyl halides is 3. The fraction of sp³-hybridized carbons (Fsp3) is 0.250. The standard InChI is InChI=1S/C12H12F3N3OS/c1-19-9-10(16)18-20-11(9)17-6-7-2-4-8(5-3-7)12(13,14)15/h2-5,17H,6H2,1H3,(H2,16,18). The average molecular weight is 303 g/mol. The van der Waals surface area contributed by atoms with Crippen LogP contribution in [0, 0.1) is 0 Å². The van der Waals surface area contributed by atoms with E-state index in [1.165, 1.54) is 19.2 Å². The van der Waals surface area contributed by atoms with Gasteiger partial charge in [0.1, 0.15) is 0 Å². The quantitative estimate of drug-likeness (QED) is 0.909. The molecule has 0 saturated carbocycles. The van der Waals surface area contributed by atoms with E-state index in [4.69, 9.17) is 10.5 Å². The summed E-state index contributed by atoms with van der Waals surface area (Å²) in [4.78, 5) is 0. The highest BCUT2D eigenvalue weighted by molar-refractivity contribution is 7.11. The summed E-state index contributed by atoms with van der Waals surface area (Å²) in [5.41, 5.74) is 5.65. The summed E-state index contributed by atoms with van der Waals surface area (Å²) in [5.74, 6) is 0.731. The van der Waals surface area contributed by atoms with Crippen LogP contribution >= 0.6 is 11.5 Å². The Morgan fingerprint density at radius 2 is 1.95 bits per heavy atom. The van der Waals surface area contributed by atoms with Crippen LogP contribution in [0.5, 0.6) is 5.75 Å². The second kappa shape index (κ2) is 5.58. The van der Waals surface area contributed by atoms with E-state index in [0.29, 0.717) is 22.9 Å². The maximum atomic E-state index is 12.4. The molecule has 0 bridgehead atoms. The van der Waals surface area contributed by atoms with Gasteiger partial charge in [0.2, 0.25) is 0 Å². The van der Waals surface area contributed by atoms with Gasteiger partial charge in [-0.05, 0) is 29.2 Å². The lowest BCUT2D eigenvalue weighted by atomic mass is 10.1. The lowest BCUT2D eigenvalue weighted by Crippen LogP contribution is -2.05. The van der Waals surface area contributed by atoms with Gasteiger partial charge < -0.3 is 15.8 Å². The molecule has 0 aliphatic carbocycles. The van der Waals surface area contributed by atoms with Gasteiger partial charge in [-0.15, -0.1) is 0 Å². The van der Waals surface area contributed by atoms with E-state index in [0.717, 1.165) is 23.7 Å². The number of methoxy groups -OCH3 is 1. The number of hydrogen-bond donors (Lipinski definition) is 2. The molecule has 0 amide bonds. The minimum atomic E-state index is -4.32. The number of nitrogens with two attached hydrogens (primary N) is 1. The predicted molar refractivity (Wildman–Crippen MR) is 71.8 cm³/mol. The molecule has 20 heavy (non-hydrogen) atoms. The fourth-order valence-electron chi connectivity index (χ4n) is 1.60. The van der Waals surface area contributed by atoms with Crippen molar-refractivity contribution in [3.63, 3.8) is 0 Å². The molecule has 0 aliphatic rings. The van der Waals surface area contributed by atoms with E-state index in [9.17, 15) is 13.2 Å². The number of nitrogen functional groups attached to an aromatic ring is 1.